The van der Waals surface area contributed by atoms with Gasteiger partial charge in [-0.2, -0.15) is 0 Å². The van der Waals surface area contributed by atoms with Crippen LogP contribution in [0.2, 0.25) is 0 Å². The molecule has 178 valence electrons. The number of nitrogens with one attached hydrogen (secondary N) is 2. The maximum Gasteiger partial charge on any atom is 0.415 e. The smallest absolute Gasteiger partial charge is 0.415 e. The van der Waals surface area contributed by atoms with Gasteiger partial charge in [-0.1, -0.05) is 24.3 Å². The van der Waals surface area contributed by atoms with Gasteiger partial charge in [0.1, 0.15) is 0 Å². The second-order valence-corrected chi connectivity index (χ2v) is 8.32. The molecule has 3 aromatic rings. The third kappa shape index (κ3) is 4.17. The highest BCUT2D eigenvalue weighted by molar-refractivity contribution is 6.12. The Labute approximate surface area is 195 Å². The normalized spacial score (nSPS) is 16.6. The quantitative estimate of drug-likeness (QED) is 0.567. The highest BCUT2D eigenvalue weighted by Gasteiger charge is 2.28. The zero-order chi connectivity index (χ0) is 23.7. The molecule has 2 N–H and O–H groups in total. The first kappa shape index (κ1) is 22.2. The van der Waals surface area contributed by atoms with Gasteiger partial charge in [-0.25, -0.2) is 9.59 Å². The number of ether oxygens (including phenoxy) is 2. The first-order valence-electron chi connectivity index (χ1n) is 11.4. The minimum Gasteiger partial charge on any atom is -0.449 e. The lowest BCUT2D eigenvalue weighted by Gasteiger charge is -2.27. The molecule has 0 spiro atoms. The summed E-state index contributed by atoms with van der Waals surface area (Å²) in [5.74, 6) is 0.263. The Balaban J connectivity index is 1.62. The predicted molar refractivity (Wildman–Crippen MR) is 125 cm³/mol. The van der Waals surface area contributed by atoms with Crippen LogP contribution < -0.4 is 20.1 Å². The molecule has 2 aromatic carbocycles. The molecule has 2 amide bonds. The van der Waals surface area contributed by atoms with Crippen molar-refractivity contribution < 1.29 is 28.3 Å². The predicted octanol–water partition coefficient (Wildman–Crippen LogP) is 2.60. The number of rotatable bonds is 3. The number of amides is 2. The molecule has 0 bridgehead atoms. The maximum atomic E-state index is 12.9. The van der Waals surface area contributed by atoms with Gasteiger partial charge in [0.25, 0.3) is 0 Å². The van der Waals surface area contributed by atoms with Gasteiger partial charge in [0, 0.05) is 70.1 Å². The summed E-state index contributed by atoms with van der Waals surface area (Å²) in [4.78, 5) is 41.3. The molecular formula is C24H26N4O6. The third-order valence-corrected chi connectivity index (χ3v) is 6.08. The molecule has 34 heavy (non-hydrogen) atoms. The number of carbonyl (C=O) groups excluding carboxylic acids is 3. The molecule has 2 aliphatic heterocycles. The first-order chi connectivity index (χ1) is 16.5. The number of benzene rings is 2. The fourth-order valence-electron chi connectivity index (χ4n) is 4.26. The van der Waals surface area contributed by atoms with Crippen molar-refractivity contribution in [3.05, 3.63) is 36.1 Å². The lowest BCUT2D eigenvalue weighted by molar-refractivity contribution is 0.0989. The van der Waals surface area contributed by atoms with E-state index in [1.54, 1.807) is 28.0 Å². The molecule has 0 unspecified atom stereocenters. The van der Waals surface area contributed by atoms with Gasteiger partial charge in [-0.3, -0.25) is 4.79 Å². The Kier molecular flexibility index (Phi) is 6.08. The molecule has 0 radical (unpaired) electrons. The molecule has 0 aliphatic carbocycles. The average molecular weight is 466 g/mol. The van der Waals surface area contributed by atoms with Crippen molar-refractivity contribution >= 4 is 39.7 Å². The van der Waals surface area contributed by atoms with Crippen molar-refractivity contribution in [2.24, 2.45) is 0 Å². The van der Waals surface area contributed by atoms with Crippen molar-refractivity contribution in [2.45, 2.75) is 6.92 Å². The van der Waals surface area contributed by atoms with E-state index in [1.165, 1.54) is 13.0 Å². The number of Topliss-reactive ketones (excluding diaryl/α,β-unsaturated/α-hetero) is 1. The largest absolute Gasteiger partial charge is 0.449 e. The fourth-order valence-corrected chi connectivity index (χ4v) is 4.26. The van der Waals surface area contributed by atoms with Crippen LogP contribution in [0.1, 0.15) is 17.5 Å². The van der Waals surface area contributed by atoms with E-state index >= 15 is 0 Å². The van der Waals surface area contributed by atoms with E-state index in [2.05, 4.69) is 10.6 Å². The molecule has 2 fully saturated rings. The minimum atomic E-state index is -0.501. The Morgan fingerprint density at radius 2 is 1.29 bits per heavy atom. The van der Waals surface area contributed by atoms with Gasteiger partial charge in [0.2, 0.25) is 0 Å². The van der Waals surface area contributed by atoms with Crippen LogP contribution in [-0.4, -0.2) is 80.1 Å². The fraction of sp³-hybridized carbons (Fsp3) is 0.375. The average Bonchev–Trinajstić information content (AvgIpc) is 3.33. The van der Waals surface area contributed by atoms with E-state index < -0.39 is 12.2 Å². The van der Waals surface area contributed by atoms with Crippen LogP contribution in [0.25, 0.3) is 21.7 Å². The van der Waals surface area contributed by atoms with Crippen LogP contribution in [0.15, 0.2) is 34.7 Å². The van der Waals surface area contributed by atoms with Gasteiger partial charge in [0.05, 0.1) is 5.39 Å². The molecule has 5 rings (SSSR count). The first-order valence-corrected chi connectivity index (χ1v) is 11.4. The maximum absolute atomic E-state index is 12.9. The zero-order valence-corrected chi connectivity index (χ0v) is 18.9. The number of ketones is 1. The third-order valence-electron chi connectivity index (χ3n) is 6.08. The number of nitrogens with zero attached hydrogens (tertiary/aromatic N) is 2. The molecule has 10 nitrogen and oxygen atoms in total. The Hall–Kier alpha value is -3.63. The van der Waals surface area contributed by atoms with E-state index in [0.29, 0.717) is 68.5 Å². The van der Waals surface area contributed by atoms with Crippen molar-refractivity contribution in [1.82, 2.24) is 20.4 Å². The minimum absolute atomic E-state index is 0.0873. The Morgan fingerprint density at radius 3 is 1.82 bits per heavy atom. The summed E-state index contributed by atoms with van der Waals surface area (Å²) in [5, 5.41) is 7.93. The van der Waals surface area contributed by atoms with Crippen molar-refractivity contribution in [1.29, 1.82) is 0 Å². The second kappa shape index (κ2) is 9.32. The van der Waals surface area contributed by atoms with Crippen LogP contribution in [0.3, 0.4) is 0 Å². The Bertz CT molecular complexity index is 1170. The number of hydrogen-bond donors (Lipinski definition) is 2. The Morgan fingerprint density at radius 1 is 0.794 bits per heavy atom. The molecule has 2 saturated heterocycles. The van der Waals surface area contributed by atoms with Crippen LogP contribution in [0.5, 0.6) is 11.5 Å². The van der Waals surface area contributed by atoms with Gasteiger partial charge >= 0.3 is 12.2 Å². The van der Waals surface area contributed by atoms with Gasteiger partial charge < -0.3 is 34.3 Å². The van der Waals surface area contributed by atoms with Crippen molar-refractivity contribution in [3.63, 3.8) is 0 Å². The van der Waals surface area contributed by atoms with E-state index in [-0.39, 0.29) is 28.6 Å². The molecule has 1 aromatic heterocycles. The van der Waals surface area contributed by atoms with Crippen LogP contribution >= 0.6 is 0 Å². The van der Waals surface area contributed by atoms with E-state index in [9.17, 15) is 14.4 Å². The number of furan rings is 1. The van der Waals surface area contributed by atoms with Crippen LogP contribution in [0.4, 0.5) is 9.59 Å². The molecule has 0 atom stereocenters. The summed E-state index contributed by atoms with van der Waals surface area (Å²) in [6.45, 7) is 6.24. The van der Waals surface area contributed by atoms with Crippen LogP contribution in [-0.2, 0) is 0 Å². The lowest BCUT2D eigenvalue weighted by Crippen LogP contribution is -2.47. The highest BCUT2D eigenvalue weighted by Crippen LogP contribution is 2.44. The van der Waals surface area contributed by atoms with E-state index in [0.717, 1.165) is 0 Å². The standard InChI is InChI=1S/C24H26N4O6/c1-15(29)19-14-18-20(33-23(30)27-10-6-25-7-11-27)16-4-2-3-5-17(16)21(22(18)32-19)34-24(31)28-12-8-26-9-13-28/h2-5,14,25-26H,6-13H2,1H3. The second-order valence-electron chi connectivity index (χ2n) is 8.32. The summed E-state index contributed by atoms with van der Waals surface area (Å²) in [6, 6.07) is 8.70. The number of carbonyl (C=O) groups is 3. The molecular weight excluding hydrogens is 440 g/mol. The summed E-state index contributed by atoms with van der Waals surface area (Å²) in [5.41, 5.74) is 0.190. The molecule has 0 saturated carbocycles. The van der Waals surface area contributed by atoms with Crippen LogP contribution in [0, 0.1) is 0 Å². The summed E-state index contributed by atoms with van der Waals surface area (Å²) in [6.07, 6.45) is -0.983. The van der Waals surface area contributed by atoms with Crippen molar-refractivity contribution in [2.75, 3.05) is 52.4 Å². The summed E-state index contributed by atoms with van der Waals surface area (Å²) >= 11 is 0. The number of piperazine rings is 2. The zero-order valence-electron chi connectivity index (χ0n) is 18.9. The summed E-state index contributed by atoms with van der Waals surface area (Å²) in [7, 11) is 0. The topological polar surface area (TPSA) is 113 Å². The SMILES string of the molecule is CC(=O)c1cc2c(OC(=O)N3CCNCC3)c3ccccc3c(OC(=O)N3CCNCC3)c2o1. The van der Waals surface area contributed by atoms with Gasteiger partial charge in [0.15, 0.2) is 28.6 Å². The highest BCUT2D eigenvalue weighted by atomic mass is 16.6. The van der Waals surface area contributed by atoms with Gasteiger partial charge in [-0.05, 0) is 6.07 Å². The summed E-state index contributed by atoms with van der Waals surface area (Å²) < 4.78 is 17.6. The lowest BCUT2D eigenvalue weighted by atomic mass is 10.1. The van der Waals surface area contributed by atoms with E-state index in [4.69, 9.17) is 13.9 Å². The molecule has 10 heteroatoms. The van der Waals surface area contributed by atoms with Gasteiger partial charge in [-0.15, -0.1) is 0 Å². The monoisotopic (exact) mass is 466 g/mol. The number of hydrogen-bond acceptors (Lipinski definition) is 8. The molecule has 2 aliphatic rings. The molecule has 3 heterocycles. The van der Waals surface area contributed by atoms with E-state index in [1.807, 2.05) is 6.07 Å². The van der Waals surface area contributed by atoms with Crippen molar-refractivity contribution in [3.8, 4) is 11.5 Å². The number of fused-ring (bicyclic) bond motifs is 2.